The summed E-state index contributed by atoms with van der Waals surface area (Å²) in [5, 5.41) is 5.39. The Hall–Kier alpha value is -1.76. The van der Waals surface area contributed by atoms with E-state index in [4.69, 9.17) is 0 Å². The van der Waals surface area contributed by atoms with Crippen LogP contribution in [0.2, 0.25) is 0 Å². The molecule has 0 aromatic heterocycles. The first kappa shape index (κ1) is 15.6. The van der Waals surface area contributed by atoms with Crippen LogP contribution in [0.3, 0.4) is 0 Å². The second-order valence-electron chi connectivity index (χ2n) is 5.32. The largest absolute Gasteiger partial charge is 0.751 e. The molecule has 0 nitrogen and oxygen atoms in total. The molecule has 0 atom stereocenters. The molecule has 0 N–H and O–H groups in total. The summed E-state index contributed by atoms with van der Waals surface area (Å²) >= 11 is 0. The van der Waals surface area contributed by atoms with Crippen molar-refractivity contribution in [2.24, 2.45) is 0 Å². The topological polar surface area (TPSA) is 0 Å². The summed E-state index contributed by atoms with van der Waals surface area (Å²) in [7, 11) is 0. The van der Waals surface area contributed by atoms with Gasteiger partial charge in [0, 0.05) is 18.6 Å². The molecule has 0 heterocycles. The van der Waals surface area contributed by atoms with E-state index in [0.29, 0.717) is 0 Å². The van der Waals surface area contributed by atoms with Crippen molar-refractivity contribution in [1.82, 2.24) is 0 Å². The summed E-state index contributed by atoms with van der Waals surface area (Å²) in [5.74, 6) is 0. The first-order chi connectivity index (χ1) is 9.72. The van der Waals surface area contributed by atoms with Gasteiger partial charge in [0.2, 0.25) is 0 Å². The van der Waals surface area contributed by atoms with Gasteiger partial charge in [0.1, 0.15) is 0 Å². The van der Waals surface area contributed by atoms with Gasteiger partial charge in [-0.1, -0.05) is 12.3 Å². The predicted molar refractivity (Wildman–Crippen MR) is 88.6 cm³/mol. The fraction of sp³-hybridized carbons (Fsp3) is 0.100. The molecule has 0 amide bonds. The molecule has 109 valence electrons. The maximum atomic E-state index is 2.20. The molecule has 0 aliphatic heterocycles. The first-order valence-electron chi connectivity index (χ1n) is 6.96. The van der Waals surface area contributed by atoms with E-state index in [9.17, 15) is 0 Å². The van der Waals surface area contributed by atoms with E-state index >= 15 is 0 Å². The van der Waals surface area contributed by atoms with Gasteiger partial charge in [-0.25, -0.2) is 19.1 Å². The minimum atomic E-state index is 0. The zero-order valence-corrected chi connectivity index (χ0v) is 13.8. The fourth-order valence-electron chi connectivity index (χ4n) is 2.61. The SMILES string of the molecule is C[c-]1[cH-][c-]2cccc[c-]2[cH-]1.Cc1cc2cccc[c-]2c1.[V]. The Morgan fingerprint density at radius 2 is 1.52 bits per heavy atom. The predicted octanol–water partition coefficient (Wildman–Crippen LogP) is 5.73. The molecule has 1 heteroatoms. The van der Waals surface area contributed by atoms with Crippen LogP contribution in [0.1, 0.15) is 11.1 Å². The summed E-state index contributed by atoms with van der Waals surface area (Å²) in [6.07, 6.45) is 0. The van der Waals surface area contributed by atoms with Gasteiger partial charge in [0.15, 0.2) is 0 Å². The molecule has 0 spiro atoms. The Kier molecular flexibility index (Phi) is 5.06. The molecular weight excluding hydrogens is 291 g/mol. The molecule has 0 aliphatic carbocycles. The van der Waals surface area contributed by atoms with Gasteiger partial charge in [-0.05, 0) is 0 Å². The molecule has 0 unspecified atom stereocenters. The zero-order chi connectivity index (χ0) is 13.9. The van der Waals surface area contributed by atoms with E-state index in [2.05, 4.69) is 86.6 Å². The second kappa shape index (κ2) is 6.80. The van der Waals surface area contributed by atoms with Crippen LogP contribution < -0.4 is 0 Å². The molecular formula is C20H18V-6. The van der Waals surface area contributed by atoms with E-state index in [-0.39, 0.29) is 18.6 Å². The Balaban J connectivity index is 0.000000147. The first-order valence-corrected chi connectivity index (χ1v) is 6.96. The van der Waals surface area contributed by atoms with Crippen molar-refractivity contribution in [1.29, 1.82) is 0 Å². The Morgan fingerprint density at radius 3 is 2.14 bits per heavy atom. The van der Waals surface area contributed by atoms with Crippen molar-refractivity contribution in [2.45, 2.75) is 13.8 Å². The van der Waals surface area contributed by atoms with Crippen molar-refractivity contribution < 1.29 is 18.6 Å². The monoisotopic (exact) mass is 309 g/mol. The van der Waals surface area contributed by atoms with Gasteiger partial charge in [-0.3, -0.25) is 0 Å². The smallest absolute Gasteiger partial charge is 0 e. The van der Waals surface area contributed by atoms with Crippen LogP contribution in [-0.2, 0) is 18.6 Å². The van der Waals surface area contributed by atoms with Gasteiger partial charge in [0.25, 0.3) is 0 Å². The van der Waals surface area contributed by atoms with E-state index < -0.39 is 0 Å². The van der Waals surface area contributed by atoms with Crippen LogP contribution in [0.25, 0.3) is 21.5 Å². The number of hydrogen-bond donors (Lipinski definition) is 0. The van der Waals surface area contributed by atoms with Gasteiger partial charge in [-0.15, -0.1) is 53.4 Å². The number of aryl methyl sites for hydroxylation is 2. The summed E-state index contributed by atoms with van der Waals surface area (Å²) in [6.45, 7) is 4.25. The standard InChI is InChI=1S/2C10H9.V/c2*1-8-6-9-4-2-3-5-10(9)7-8;/h2*2-7H,1H3;/q-5;-1;. The zero-order valence-electron chi connectivity index (χ0n) is 12.4. The van der Waals surface area contributed by atoms with E-state index in [1.807, 2.05) is 0 Å². The molecule has 0 saturated heterocycles. The molecule has 0 fully saturated rings. The van der Waals surface area contributed by atoms with Crippen molar-refractivity contribution in [3.63, 3.8) is 0 Å². The third-order valence-electron chi connectivity index (χ3n) is 3.52. The van der Waals surface area contributed by atoms with Crippen LogP contribution in [0.4, 0.5) is 0 Å². The van der Waals surface area contributed by atoms with Crippen LogP contribution >= 0.6 is 0 Å². The van der Waals surface area contributed by atoms with E-state index in [1.165, 1.54) is 32.7 Å². The van der Waals surface area contributed by atoms with Gasteiger partial charge >= 0.3 is 0 Å². The van der Waals surface area contributed by atoms with E-state index in [0.717, 1.165) is 0 Å². The van der Waals surface area contributed by atoms with Crippen molar-refractivity contribution in [3.8, 4) is 0 Å². The normalized spacial score (nSPS) is 10.0. The summed E-state index contributed by atoms with van der Waals surface area (Å²) in [6, 6.07) is 25.7. The average Bonchev–Trinajstić information content (AvgIpc) is 2.99. The van der Waals surface area contributed by atoms with Gasteiger partial charge in [0.05, 0.1) is 0 Å². The summed E-state index contributed by atoms with van der Waals surface area (Å²) < 4.78 is 0. The van der Waals surface area contributed by atoms with Crippen molar-refractivity contribution >= 4 is 21.5 Å². The molecule has 4 rings (SSSR count). The van der Waals surface area contributed by atoms with Crippen LogP contribution in [-0.4, -0.2) is 0 Å². The minimum absolute atomic E-state index is 0. The molecule has 4 aromatic rings. The van der Waals surface area contributed by atoms with Crippen LogP contribution in [0.5, 0.6) is 0 Å². The Morgan fingerprint density at radius 1 is 0.905 bits per heavy atom. The van der Waals surface area contributed by atoms with Gasteiger partial charge in [-0.2, -0.15) is 0 Å². The minimum Gasteiger partial charge on any atom is -0.751 e. The Labute approximate surface area is 138 Å². The van der Waals surface area contributed by atoms with Gasteiger partial charge < -0.3 is 34.5 Å². The molecule has 1 radical (unpaired) electrons. The maximum absolute atomic E-state index is 2.20. The average molecular weight is 309 g/mol. The number of benzene rings is 2. The quantitative estimate of drug-likeness (QED) is 0.364. The van der Waals surface area contributed by atoms with E-state index in [1.54, 1.807) is 0 Å². The summed E-state index contributed by atoms with van der Waals surface area (Å²) in [4.78, 5) is 0. The van der Waals surface area contributed by atoms with Crippen LogP contribution in [0.15, 0.2) is 72.8 Å². The fourth-order valence-corrected chi connectivity index (χ4v) is 2.61. The third-order valence-corrected chi connectivity index (χ3v) is 3.52. The second-order valence-corrected chi connectivity index (χ2v) is 5.32. The molecule has 0 bridgehead atoms. The maximum Gasteiger partial charge on any atom is 0 e. The number of fused-ring (bicyclic) bond motifs is 2. The Bertz CT molecular complexity index is 695. The third kappa shape index (κ3) is 3.66. The number of rotatable bonds is 0. The molecule has 0 saturated carbocycles. The van der Waals surface area contributed by atoms with Crippen molar-refractivity contribution in [3.05, 3.63) is 83.9 Å². The van der Waals surface area contributed by atoms with Crippen LogP contribution in [0, 0.1) is 13.8 Å². The molecule has 4 aromatic carbocycles. The molecule has 0 aliphatic rings. The molecule has 21 heavy (non-hydrogen) atoms. The number of hydrogen-bond acceptors (Lipinski definition) is 0. The summed E-state index contributed by atoms with van der Waals surface area (Å²) in [5.41, 5.74) is 2.70. The van der Waals surface area contributed by atoms with Crippen molar-refractivity contribution in [2.75, 3.05) is 0 Å².